The molecule has 2 amide bonds. The molecule has 0 aliphatic carbocycles. The lowest BCUT2D eigenvalue weighted by molar-refractivity contribution is -0.131. The second-order valence-electron chi connectivity index (χ2n) is 7.55. The summed E-state index contributed by atoms with van der Waals surface area (Å²) in [6.07, 6.45) is 1.28. The average Bonchev–Trinajstić information content (AvgIpc) is 3.15. The second kappa shape index (κ2) is 9.67. The summed E-state index contributed by atoms with van der Waals surface area (Å²) in [5.41, 5.74) is 0.621. The van der Waals surface area contributed by atoms with Crippen molar-refractivity contribution in [3.05, 3.63) is 41.4 Å². The van der Waals surface area contributed by atoms with Crippen LogP contribution in [0.25, 0.3) is 0 Å². The van der Waals surface area contributed by atoms with Gasteiger partial charge in [-0.25, -0.2) is 18.1 Å². The van der Waals surface area contributed by atoms with Gasteiger partial charge in [0, 0.05) is 30.4 Å². The van der Waals surface area contributed by atoms with Crippen molar-refractivity contribution in [1.82, 2.24) is 14.6 Å². The molecular weight excluding hydrogens is 424 g/mol. The minimum atomic E-state index is -3.56. The summed E-state index contributed by atoms with van der Waals surface area (Å²) in [6.45, 7) is 4.58. The Morgan fingerprint density at radius 1 is 1.20 bits per heavy atom. The van der Waals surface area contributed by atoms with E-state index in [9.17, 15) is 18.0 Å². The molecule has 1 aliphatic heterocycles. The van der Waals surface area contributed by atoms with Crippen molar-refractivity contribution in [2.75, 3.05) is 18.4 Å². The van der Waals surface area contributed by atoms with Crippen molar-refractivity contribution in [1.29, 1.82) is 0 Å². The number of carbonyl (C=O) groups is 2. The molecule has 10 heteroatoms. The highest BCUT2D eigenvalue weighted by Crippen LogP contribution is 2.19. The van der Waals surface area contributed by atoms with Crippen LogP contribution in [0, 0.1) is 5.92 Å². The fraction of sp³-hybridized carbons (Fsp3) is 0.450. The van der Waals surface area contributed by atoms with Gasteiger partial charge in [-0.3, -0.25) is 9.59 Å². The summed E-state index contributed by atoms with van der Waals surface area (Å²) in [6, 6.07) is 8.07. The third-order valence-corrected chi connectivity index (χ3v) is 7.20. The normalized spacial score (nSPS) is 15.4. The molecule has 2 heterocycles. The number of thiazole rings is 1. The van der Waals surface area contributed by atoms with E-state index in [0.717, 1.165) is 0 Å². The van der Waals surface area contributed by atoms with E-state index in [1.165, 1.54) is 11.3 Å². The number of rotatable bonds is 7. The van der Waals surface area contributed by atoms with Crippen molar-refractivity contribution in [2.24, 2.45) is 5.92 Å². The number of sulfonamides is 1. The van der Waals surface area contributed by atoms with Crippen LogP contribution >= 0.6 is 11.3 Å². The summed E-state index contributed by atoms with van der Waals surface area (Å²) >= 11 is 1.30. The monoisotopic (exact) mass is 450 g/mol. The van der Waals surface area contributed by atoms with Crippen LogP contribution in [0.1, 0.15) is 32.4 Å². The third-order valence-electron chi connectivity index (χ3n) is 4.86. The van der Waals surface area contributed by atoms with Gasteiger partial charge in [-0.05, 0) is 25.0 Å². The van der Waals surface area contributed by atoms with E-state index in [-0.39, 0.29) is 35.1 Å². The number of benzene rings is 1. The predicted molar refractivity (Wildman–Crippen MR) is 116 cm³/mol. The van der Waals surface area contributed by atoms with Gasteiger partial charge < -0.3 is 10.2 Å². The molecule has 30 heavy (non-hydrogen) atoms. The van der Waals surface area contributed by atoms with E-state index in [1.807, 2.05) is 0 Å². The molecule has 1 fully saturated rings. The Morgan fingerprint density at radius 2 is 1.87 bits per heavy atom. The number of amides is 2. The fourth-order valence-corrected chi connectivity index (χ4v) is 5.14. The zero-order chi connectivity index (χ0) is 21.7. The minimum Gasteiger partial charge on any atom is -0.342 e. The Kier molecular flexibility index (Phi) is 7.22. The minimum absolute atomic E-state index is 0.0496. The molecule has 0 atom stereocenters. The maximum absolute atomic E-state index is 12.6. The van der Waals surface area contributed by atoms with Crippen molar-refractivity contribution >= 4 is 38.3 Å². The van der Waals surface area contributed by atoms with Gasteiger partial charge in [0.25, 0.3) is 0 Å². The first-order chi connectivity index (χ1) is 14.2. The third kappa shape index (κ3) is 5.87. The molecule has 1 aromatic carbocycles. The molecule has 0 radical (unpaired) electrons. The average molecular weight is 451 g/mol. The summed E-state index contributed by atoms with van der Waals surface area (Å²) in [5, 5.41) is 5.00. The molecule has 2 N–H and O–H groups in total. The molecule has 0 spiro atoms. The largest absolute Gasteiger partial charge is 0.342 e. The summed E-state index contributed by atoms with van der Waals surface area (Å²) < 4.78 is 27.6. The zero-order valence-electron chi connectivity index (χ0n) is 17.0. The van der Waals surface area contributed by atoms with E-state index < -0.39 is 10.0 Å². The molecular formula is C20H26N4O4S2. The first-order valence-corrected chi connectivity index (χ1v) is 12.2. The summed E-state index contributed by atoms with van der Waals surface area (Å²) in [5.74, 6) is -0.298. The fourth-order valence-electron chi connectivity index (χ4n) is 3.10. The van der Waals surface area contributed by atoms with Crippen LogP contribution in [0.2, 0.25) is 0 Å². The summed E-state index contributed by atoms with van der Waals surface area (Å²) in [4.78, 5) is 30.6. The lowest BCUT2D eigenvalue weighted by Crippen LogP contribution is -2.46. The smallest absolute Gasteiger partial charge is 0.240 e. The van der Waals surface area contributed by atoms with Gasteiger partial charge >= 0.3 is 0 Å². The molecule has 8 nitrogen and oxygen atoms in total. The van der Waals surface area contributed by atoms with Crippen LogP contribution in [0.5, 0.6) is 0 Å². The number of piperidine rings is 1. The van der Waals surface area contributed by atoms with Gasteiger partial charge in [0.1, 0.15) is 0 Å². The van der Waals surface area contributed by atoms with E-state index in [4.69, 9.17) is 0 Å². The zero-order valence-corrected chi connectivity index (χ0v) is 18.6. The van der Waals surface area contributed by atoms with Crippen molar-refractivity contribution in [3.8, 4) is 0 Å². The Hall–Kier alpha value is -2.30. The lowest BCUT2D eigenvalue weighted by Gasteiger charge is -2.32. The first kappa shape index (κ1) is 22.4. The Bertz CT molecular complexity index is 981. The Labute approximate surface area is 180 Å². The molecule has 2 aromatic rings. The van der Waals surface area contributed by atoms with E-state index in [2.05, 4.69) is 15.0 Å². The van der Waals surface area contributed by atoms with Gasteiger partial charge in [-0.1, -0.05) is 32.0 Å². The van der Waals surface area contributed by atoms with Crippen LogP contribution in [-0.4, -0.2) is 49.2 Å². The standard InChI is InChI=1S/C20H26N4O4S2/c1-14(2)19(26)22-20-21-16(13-29-20)12-18(25)24-10-8-15(9-11-24)23-30(27,28)17-6-4-3-5-7-17/h3-7,13-15,23H,8-12H2,1-2H3,(H,21,22,26). The van der Waals surface area contributed by atoms with Crippen molar-refractivity contribution in [2.45, 2.75) is 44.0 Å². The Morgan fingerprint density at radius 3 is 2.50 bits per heavy atom. The molecule has 0 unspecified atom stereocenters. The van der Waals surface area contributed by atoms with Gasteiger partial charge in [0.05, 0.1) is 17.0 Å². The highest BCUT2D eigenvalue weighted by atomic mass is 32.2. The summed E-state index contributed by atoms with van der Waals surface area (Å²) in [7, 11) is -3.56. The van der Waals surface area contributed by atoms with Gasteiger partial charge in [-0.15, -0.1) is 11.3 Å². The lowest BCUT2D eigenvalue weighted by atomic mass is 10.1. The quantitative estimate of drug-likeness (QED) is 0.673. The first-order valence-electron chi connectivity index (χ1n) is 9.85. The maximum Gasteiger partial charge on any atom is 0.240 e. The van der Waals surface area contributed by atoms with Crippen LogP contribution in [0.4, 0.5) is 5.13 Å². The molecule has 1 saturated heterocycles. The predicted octanol–water partition coefficient (Wildman–Crippen LogP) is 2.25. The van der Waals surface area contributed by atoms with Crippen molar-refractivity contribution < 1.29 is 18.0 Å². The number of likely N-dealkylation sites (tertiary alicyclic amines) is 1. The van der Waals surface area contributed by atoms with E-state index >= 15 is 0 Å². The number of nitrogens with zero attached hydrogens (tertiary/aromatic N) is 2. The van der Waals surface area contributed by atoms with Gasteiger partial charge in [-0.2, -0.15) is 0 Å². The number of hydrogen-bond acceptors (Lipinski definition) is 6. The molecule has 1 aromatic heterocycles. The highest BCUT2D eigenvalue weighted by Gasteiger charge is 2.27. The number of aromatic nitrogens is 1. The number of hydrogen-bond donors (Lipinski definition) is 2. The molecule has 1 aliphatic rings. The van der Waals surface area contributed by atoms with E-state index in [0.29, 0.717) is 36.8 Å². The van der Waals surface area contributed by atoms with Crippen LogP contribution < -0.4 is 10.0 Å². The topological polar surface area (TPSA) is 108 Å². The van der Waals surface area contributed by atoms with Gasteiger partial charge in [0.2, 0.25) is 21.8 Å². The maximum atomic E-state index is 12.6. The highest BCUT2D eigenvalue weighted by molar-refractivity contribution is 7.89. The second-order valence-corrected chi connectivity index (χ2v) is 10.1. The SMILES string of the molecule is CC(C)C(=O)Nc1nc(CC(=O)N2CCC(NS(=O)(=O)c3ccccc3)CC2)cs1. The van der Waals surface area contributed by atoms with Crippen LogP contribution in [0.15, 0.2) is 40.6 Å². The number of anilines is 1. The van der Waals surface area contributed by atoms with Crippen LogP contribution in [-0.2, 0) is 26.0 Å². The number of nitrogens with one attached hydrogen (secondary N) is 2. The van der Waals surface area contributed by atoms with Crippen molar-refractivity contribution in [3.63, 3.8) is 0 Å². The molecule has 162 valence electrons. The molecule has 0 saturated carbocycles. The molecule has 0 bridgehead atoms. The Balaban J connectivity index is 1.49. The van der Waals surface area contributed by atoms with E-state index in [1.54, 1.807) is 54.5 Å². The number of carbonyl (C=O) groups excluding carboxylic acids is 2. The van der Waals surface area contributed by atoms with Crippen LogP contribution in [0.3, 0.4) is 0 Å². The van der Waals surface area contributed by atoms with Gasteiger partial charge in [0.15, 0.2) is 5.13 Å². The molecule has 3 rings (SSSR count).